The van der Waals surface area contributed by atoms with Gasteiger partial charge in [-0.15, -0.1) is 0 Å². The van der Waals surface area contributed by atoms with Gasteiger partial charge in [-0.05, 0) is 12.1 Å². The molecule has 1 atom stereocenters. The molecule has 0 spiro atoms. The van der Waals surface area contributed by atoms with E-state index in [0.29, 0.717) is 12.2 Å². The Morgan fingerprint density at radius 1 is 1.48 bits per heavy atom. The van der Waals surface area contributed by atoms with Crippen LogP contribution in [-0.4, -0.2) is 33.2 Å². The van der Waals surface area contributed by atoms with Gasteiger partial charge in [0.1, 0.15) is 6.54 Å². The van der Waals surface area contributed by atoms with Crippen molar-refractivity contribution >= 4 is 11.9 Å². The Bertz CT molecular complexity index is 768. The van der Waals surface area contributed by atoms with Gasteiger partial charge in [-0.3, -0.25) is 4.79 Å². The molecule has 122 valence electrons. The number of nitrogens with zero attached hydrogens (tertiary/aromatic N) is 3. The van der Waals surface area contributed by atoms with E-state index in [9.17, 15) is 18.0 Å². The maximum Gasteiger partial charge on any atom is 0.406 e. The minimum absolute atomic E-state index is 0.0438. The van der Waals surface area contributed by atoms with Crippen molar-refractivity contribution in [3.05, 3.63) is 29.6 Å². The summed E-state index contributed by atoms with van der Waals surface area (Å²) in [7, 11) is 0. The van der Waals surface area contributed by atoms with Gasteiger partial charge in [0, 0.05) is 24.4 Å². The number of nitrogens with one attached hydrogen (secondary N) is 1. The van der Waals surface area contributed by atoms with Crippen LogP contribution in [0.5, 0.6) is 0 Å². The zero-order valence-electron chi connectivity index (χ0n) is 12.2. The van der Waals surface area contributed by atoms with E-state index in [1.54, 1.807) is 6.92 Å². The molecular weight excluding hydrogens is 311 g/mol. The molecule has 0 fully saturated rings. The molecule has 6 nitrogen and oxygen atoms in total. The van der Waals surface area contributed by atoms with Crippen LogP contribution in [0, 0.1) is 0 Å². The van der Waals surface area contributed by atoms with Crippen LogP contribution in [0.3, 0.4) is 0 Å². The molecule has 0 saturated carbocycles. The Morgan fingerprint density at radius 3 is 2.87 bits per heavy atom. The number of rotatable bonds is 2. The largest absolute Gasteiger partial charge is 0.406 e. The monoisotopic (exact) mass is 325 g/mol. The fraction of sp³-hybridized carbons (Fsp3) is 0.357. The number of hydrogen-bond donors (Lipinski definition) is 2. The van der Waals surface area contributed by atoms with Gasteiger partial charge in [0.05, 0.1) is 17.0 Å². The number of hydrogen-bond acceptors (Lipinski definition) is 4. The molecule has 1 aliphatic heterocycles. The summed E-state index contributed by atoms with van der Waals surface area (Å²) >= 11 is 0. The maximum atomic E-state index is 13.0. The lowest BCUT2D eigenvalue weighted by Gasteiger charge is -2.24. The first-order chi connectivity index (χ1) is 10.8. The van der Waals surface area contributed by atoms with Gasteiger partial charge in [-0.2, -0.15) is 13.2 Å². The molecule has 1 amide bonds. The van der Waals surface area contributed by atoms with Crippen LogP contribution in [0.4, 0.5) is 19.1 Å². The topological polar surface area (TPSA) is 85.8 Å². The van der Waals surface area contributed by atoms with Crippen molar-refractivity contribution in [3.63, 3.8) is 0 Å². The van der Waals surface area contributed by atoms with E-state index in [1.165, 1.54) is 18.3 Å². The summed E-state index contributed by atoms with van der Waals surface area (Å²) < 4.78 is 40.1. The summed E-state index contributed by atoms with van der Waals surface area (Å²) in [5.41, 5.74) is 6.56. The van der Waals surface area contributed by atoms with Gasteiger partial charge in [-0.1, -0.05) is 6.92 Å². The first-order valence-corrected chi connectivity index (χ1v) is 6.93. The second-order valence-corrected chi connectivity index (χ2v) is 5.44. The Hall–Kier alpha value is -2.58. The summed E-state index contributed by atoms with van der Waals surface area (Å²) in [5, 5.41) is 2.66. The Labute approximate surface area is 129 Å². The van der Waals surface area contributed by atoms with Crippen LogP contribution in [0.1, 0.15) is 28.9 Å². The van der Waals surface area contributed by atoms with Crippen molar-refractivity contribution in [1.82, 2.24) is 19.9 Å². The SMILES string of the molecule is CC1CNC(=O)c2cc(-c3ccnc(N)n3)n(CC(F)(F)F)c21. The molecule has 23 heavy (non-hydrogen) atoms. The van der Waals surface area contributed by atoms with Crippen LogP contribution >= 0.6 is 0 Å². The molecule has 1 aliphatic rings. The summed E-state index contributed by atoms with van der Waals surface area (Å²) in [6.07, 6.45) is -3.06. The van der Waals surface area contributed by atoms with E-state index >= 15 is 0 Å². The lowest BCUT2D eigenvalue weighted by Crippen LogP contribution is -2.35. The molecule has 1 unspecified atom stereocenters. The first-order valence-electron chi connectivity index (χ1n) is 6.93. The maximum absolute atomic E-state index is 13.0. The zero-order valence-corrected chi connectivity index (χ0v) is 12.2. The fourth-order valence-electron chi connectivity index (χ4n) is 2.79. The quantitative estimate of drug-likeness (QED) is 0.883. The van der Waals surface area contributed by atoms with Crippen molar-refractivity contribution in [2.45, 2.75) is 25.6 Å². The van der Waals surface area contributed by atoms with Gasteiger partial charge in [0.15, 0.2) is 0 Å². The van der Waals surface area contributed by atoms with E-state index in [1.807, 2.05) is 0 Å². The highest BCUT2D eigenvalue weighted by Crippen LogP contribution is 2.34. The van der Waals surface area contributed by atoms with Gasteiger partial charge in [0.2, 0.25) is 5.95 Å². The van der Waals surface area contributed by atoms with Crippen molar-refractivity contribution in [2.75, 3.05) is 12.3 Å². The predicted molar refractivity (Wildman–Crippen MR) is 76.7 cm³/mol. The fourth-order valence-corrected chi connectivity index (χ4v) is 2.79. The molecule has 2 aromatic heterocycles. The van der Waals surface area contributed by atoms with E-state index < -0.39 is 12.7 Å². The van der Waals surface area contributed by atoms with Gasteiger partial charge in [0.25, 0.3) is 5.91 Å². The molecule has 2 aromatic rings. The predicted octanol–water partition coefficient (Wildman–Crippen LogP) is 1.94. The lowest BCUT2D eigenvalue weighted by atomic mass is 9.99. The first kappa shape index (κ1) is 15.3. The average Bonchev–Trinajstić information content (AvgIpc) is 2.82. The van der Waals surface area contributed by atoms with Gasteiger partial charge < -0.3 is 15.6 Å². The molecular formula is C14H14F3N5O. The molecule has 3 heterocycles. The highest BCUT2D eigenvalue weighted by molar-refractivity contribution is 5.98. The normalized spacial score (nSPS) is 17.7. The minimum atomic E-state index is -4.42. The Balaban J connectivity index is 2.23. The number of fused-ring (bicyclic) bond motifs is 1. The van der Waals surface area contributed by atoms with Gasteiger partial charge >= 0.3 is 6.18 Å². The summed E-state index contributed by atoms with van der Waals surface area (Å²) in [6.45, 7) is 0.863. The second kappa shape index (κ2) is 5.25. The average molecular weight is 325 g/mol. The van der Waals surface area contributed by atoms with E-state index in [2.05, 4.69) is 15.3 Å². The number of aromatic nitrogens is 3. The highest BCUT2D eigenvalue weighted by Gasteiger charge is 2.35. The Kier molecular flexibility index (Phi) is 3.50. The molecule has 0 bridgehead atoms. The number of nitrogen functional groups attached to an aromatic ring is 1. The van der Waals surface area contributed by atoms with E-state index in [4.69, 9.17) is 5.73 Å². The van der Waals surface area contributed by atoms with Crippen LogP contribution < -0.4 is 11.1 Å². The zero-order chi connectivity index (χ0) is 16.8. The van der Waals surface area contributed by atoms with Crippen molar-refractivity contribution in [3.8, 4) is 11.4 Å². The number of anilines is 1. The molecule has 9 heteroatoms. The number of amides is 1. The number of halogens is 3. The third-order valence-corrected chi connectivity index (χ3v) is 3.69. The number of nitrogens with two attached hydrogens (primary N) is 1. The number of carbonyl (C=O) groups is 1. The summed E-state index contributed by atoms with van der Waals surface area (Å²) in [4.78, 5) is 19.7. The molecule has 0 saturated heterocycles. The second-order valence-electron chi connectivity index (χ2n) is 5.44. The summed E-state index contributed by atoms with van der Waals surface area (Å²) in [6, 6.07) is 2.89. The third kappa shape index (κ3) is 2.86. The van der Waals surface area contributed by atoms with Crippen LogP contribution in [-0.2, 0) is 6.54 Å². The standard InChI is InChI=1S/C14H14F3N5O/c1-7-5-20-12(23)8-4-10(9-2-3-19-13(18)21-9)22(11(7)8)6-14(15,16)17/h2-4,7H,5-6H2,1H3,(H,20,23)(H2,18,19,21). The van der Waals surface area contributed by atoms with Crippen molar-refractivity contribution < 1.29 is 18.0 Å². The lowest BCUT2D eigenvalue weighted by molar-refractivity contribution is -0.140. The highest BCUT2D eigenvalue weighted by atomic mass is 19.4. The van der Waals surface area contributed by atoms with E-state index in [0.717, 1.165) is 4.57 Å². The molecule has 0 aliphatic carbocycles. The molecule has 0 aromatic carbocycles. The summed E-state index contributed by atoms with van der Waals surface area (Å²) in [5.74, 6) is -0.669. The van der Waals surface area contributed by atoms with Crippen LogP contribution in [0.25, 0.3) is 11.4 Å². The smallest absolute Gasteiger partial charge is 0.368 e. The van der Waals surface area contributed by atoms with Crippen molar-refractivity contribution in [2.24, 2.45) is 0 Å². The molecule has 3 rings (SSSR count). The van der Waals surface area contributed by atoms with Crippen LogP contribution in [0.15, 0.2) is 18.3 Å². The van der Waals surface area contributed by atoms with Crippen molar-refractivity contribution in [1.29, 1.82) is 0 Å². The molecule has 0 radical (unpaired) electrons. The number of alkyl halides is 3. The Morgan fingerprint density at radius 2 is 2.22 bits per heavy atom. The van der Waals surface area contributed by atoms with E-state index in [-0.39, 0.29) is 34.7 Å². The molecule has 3 N–H and O–H groups in total. The minimum Gasteiger partial charge on any atom is -0.368 e. The van der Waals surface area contributed by atoms with Gasteiger partial charge in [-0.25, -0.2) is 9.97 Å². The third-order valence-electron chi connectivity index (χ3n) is 3.69. The van der Waals surface area contributed by atoms with Crippen LogP contribution in [0.2, 0.25) is 0 Å². The number of carbonyl (C=O) groups excluding carboxylic acids is 1.